The zero-order valence-corrected chi connectivity index (χ0v) is 17.5. The lowest BCUT2D eigenvalue weighted by atomic mass is 9.93. The Hall–Kier alpha value is -0.990. The zero-order chi connectivity index (χ0) is 18.6. The number of likely N-dealkylation sites (tertiary alicyclic amines) is 1. The molecule has 2 fully saturated rings. The minimum atomic E-state index is -0.504. The predicted octanol–water partition coefficient (Wildman–Crippen LogP) is 0.669. The number of hydrogen-bond acceptors (Lipinski definition) is 5. The van der Waals surface area contributed by atoms with Gasteiger partial charge in [-0.15, -0.1) is 24.2 Å². The number of piperidine rings is 1. The van der Waals surface area contributed by atoms with E-state index in [9.17, 15) is 14.4 Å². The zero-order valence-electron chi connectivity index (χ0n) is 15.8. The van der Waals surface area contributed by atoms with Crippen molar-refractivity contribution in [1.29, 1.82) is 0 Å². The van der Waals surface area contributed by atoms with Crippen molar-refractivity contribution in [2.24, 2.45) is 17.1 Å². The fourth-order valence-corrected chi connectivity index (χ4v) is 4.37. The first-order valence-corrected chi connectivity index (χ1v) is 10.1. The van der Waals surface area contributed by atoms with Crippen molar-refractivity contribution < 1.29 is 14.4 Å². The average Bonchev–Trinajstić information content (AvgIpc) is 3.06. The molecule has 2 saturated heterocycles. The Morgan fingerprint density at radius 2 is 1.96 bits per heavy atom. The number of rotatable bonds is 4. The Bertz CT molecular complexity index is 527. The topological polar surface area (TPSA) is 95.7 Å². The summed E-state index contributed by atoms with van der Waals surface area (Å²) >= 11 is 1.61. The van der Waals surface area contributed by atoms with Crippen molar-refractivity contribution in [1.82, 2.24) is 15.1 Å². The fourth-order valence-electron chi connectivity index (χ4n) is 3.22. The largest absolute Gasteiger partial charge is 0.355 e. The van der Waals surface area contributed by atoms with Gasteiger partial charge in [0, 0.05) is 37.3 Å². The van der Waals surface area contributed by atoms with Crippen LogP contribution in [0.2, 0.25) is 0 Å². The molecule has 26 heavy (non-hydrogen) atoms. The smallest absolute Gasteiger partial charge is 0.246 e. The monoisotopic (exact) mass is 406 g/mol. The molecule has 2 aliphatic heterocycles. The van der Waals surface area contributed by atoms with E-state index in [4.69, 9.17) is 5.73 Å². The summed E-state index contributed by atoms with van der Waals surface area (Å²) in [4.78, 5) is 41.2. The highest BCUT2D eigenvalue weighted by Crippen LogP contribution is 2.29. The lowest BCUT2D eigenvalue weighted by Crippen LogP contribution is -2.54. The van der Waals surface area contributed by atoms with E-state index in [0.29, 0.717) is 37.8 Å². The van der Waals surface area contributed by atoms with Gasteiger partial charge in [-0.1, -0.05) is 20.8 Å². The number of carbonyl (C=O) groups is 3. The van der Waals surface area contributed by atoms with Gasteiger partial charge in [0.15, 0.2) is 0 Å². The summed E-state index contributed by atoms with van der Waals surface area (Å²) in [6.07, 6.45) is 1.59. The van der Waals surface area contributed by atoms with Gasteiger partial charge in [0.05, 0.1) is 11.8 Å². The minimum absolute atomic E-state index is 0. The van der Waals surface area contributed by atoms with Crippen molar-refractivity contribution in [3.05, 3.63) is 0 Å². The molecular formula is C17H31ClN4O3S. The quantitative estimate of drug-likeness (QED) is 0.715. The third-order valence-corrected chi connectivity index (χ3v) is 5.63. The number of thioether (sulfide) groups is 1. The SMILES string of the molecule is CC(C)(C)C(=O)N1CSCC1C(=O)N1CCCC(C(=O)NCCN)C1.Cl. The van der Waals surface area contributed by atoms with Crippen LogP contribution in [-0.2, 0) is 14.4 Å². The second kappa shape index (κ2) is 9.80. The molecule has 0 spiro atoms. The third kappa shape index (κ3) is 5.50. The van der Waals surface area contributed by atoms with E-state index in [1.807, 2.05) is 20.8 Å². The van der Waals surface area contributed by atoms with Gasteiger partial charge < -0.3 is 20.9 Å². The first kappa shape index (κ1) is 23.0. The Morgan fingerprint density at radius 3 is 2.58 bits per heavy atom. The van der Waals surface area contributed by atoms with Gasteiger partial charge in [-0.05, 0) is 12.8 Å². The van der Waals surface area contributed by atoms with Crippen LogP contribution in [0.4, 0.5) is 0 Å². The van der Waals surface area contributed by atoms with E-state index >= 15 is 0 Å². The standard InChI is InChI=1S/C17H30N4O3S.ClH/c1-17(2,3)16(24)21-11-25-10-13(21)15(23)20-8-4-5-12(9-20)14(22)19-7-6-18;/h12-13H,4-11,18H2,1-3H3,(H,19,22);1H. The van der Waals surface area contributed by atoms with Crippen LogP contribution in [0, 0.1) is 11.3 Å². The van der Waals surface area contributed by atoms with Crippen molar-refractivity contribution in [2.45, 2.75) is 39.7 Å². The molecule has 3 N–H and O–H groups in total. The summed E-state index contributed by atoms with van der Waals surface area (Å²) in [6, 6.07) is -0.414. The Labute approximate surface area is 166 Å². The fraction of sp³-hybridized carbons (Fsp3) is 0.824. The van der Waals surface area contributed by atoms with Crippen molar-refractivity contribution in [2.75, 3.05) is 37.8 Å². The molecule has 2 unspecified atom stereocenters. The molecule has 0 aliphatic carbocycles. The Balaban J connectivity index is 0.00000338. The Morgan fingerprint density at radius 1 is 1.27 bits per heavy atom. The summed E-state index contributed by atoms with van der Waals surface area (Å²) in [5.41, 5.74) is 4.92. The minimum Gasteiger partial charge on any atom is -0.355 e. The first-order chi connectivity index (χ1) is 11.8. The maximum Gasteiger partial charge on any atom is 0.246 e. The molecule has 7 nitrogen and oxygen atoms in total. The molecule has 0 radical (unpaired) electrons. The van der Waals surface area contributed by atoms with Gasteiger partial charge in [-0.3, -0.25) is 14.4 Å². The lowest BCUT2D eigenvalue weighted by molar-refractivity contribution is -0.149. The molecule has 2 heterocycles. The predicted molar refractivity (Wildman–Crippen MR) is 106 cm³/mol. The van der Waals surface area contributed by atoms with E-state index < -0.39 is 11.5 Å². The number of carbonyl (C=O) groups excluding carboxylic acids is 3. The van der Waals surface area contributed by atoms with Gasteiger partial charge in [0.1, 0.15) is 6.04 Å². The van der Waals surface area contributed by atoms with Crippen LogP contribution in [0.5, 0.6) is 0 Å². The molecule has 0 aromatic carbocycles. The van der Waals surface area contributed by atoms with Gasteiger partial charge in [-0.2, -0.15) is 0 Å². The summed E-state index contributed by atoms with van der Waals surface area (Å²) in [6.45, 7) is 7.56. The van der Waals surface area contributed by atoms with Gasteiger partial charge in [0.25, 0.3) is 0 Å². The normalized spacial score (nSPS) is 23.4. The highest BCUT2D eigenvalue weighted by molar-refractivity contribution is 7.99. The van der Waals surface area contributed by atoms with Crippen LogP contribution in [0.1, 0.15) is 33.6 Å². The summed E-state index contributed by atoms with van der Waals surface area (Å²) in [7, 11) is 0. The Kier molecular flexibility index (Phi) is 8.69. The highest BCUT2D eigenvalue weighted by Gasteiger charge is 2.41. The molecule has 0 aromatic rings. The summed E-state index contributed by atoms with van der Waals surface area (Å²) in [5.74, 6) is 0.933. The summed E-state index contributed by atoms with van der Waals surface area (Å²) < 4.78 is 0. The molecule has 3 amide bonds. The average molecular weight is 407 g/mol. The molecule has 2 rings (SSSR count). The van der Waals surface area contributed by atoms with Crippen LogP contribution in [0.15, 0.2) is 0 Å². The second-order valence-electron chi connectivity index (χ2n) is 7.74. The number of hydrogen-bond donors (Lipinski definition) is 2. The molecule has 2 aliphatic rings. The van der Waals surface area contributed by atoms with Crippen LogP contribution >= 0.6 is 24.2 Å². The first-order valence-electron chi connectivity index (χ1n) is 8.91. The van der Waals surface area contributed by atoms with Crippen LogP contribution in [0.3, 0.4) is 0 Å². The van der Waals surface area contributed by atoms with Crippen LogP contribution < -0.4 is 11.1 Å². The van der Waals surface area contributed by atoms with Crippen LogP contribution in [-0.4, -0.2) is 71.4 Å². The number of nitrogens with one attached hydrogen (secondary N) is 1. The number of nitrogens with two attached hydrogens (primary N) is 1. The van der Waals surface area contributed by atoms with Gasteiger partial charge in [0.2, 0.25) is 17.7 Å². The lowest BCUT2D eigenvalue weighted by Gasteiger charge is -2.36. The molecule has 0 saturated carbocycles. The molecule has 0 bridgehead atoms. The van der Waals surface area contributed by atoms with E-state index in [-0.39, 0.29) is 36.0 Å². The maximum atomic E-state index is 13.0. The molecule has 150 valence electrons. The number of nitrogens with zero attached hydrogens (tertiary/aromatic N) is 2. The molecule has 9 heteroatoms. The van der Waals surface area contributed by atoms with Gasteiger partial charge >= 0.3 is 0 Å². The van der Waals surface area contributed by atoms with Crippen molar-refractivity contribution in [3.63, 3.8) is 0 Å². The number of halogens is 1. The third-order valence-electron chi connectivity index (χ3n) is 4.62. The highest BCUT2D eigenvalue weighted by atomic mass is 35.5. The summed E-state index contributed by atoms with van der Waals surface area (Å²) in [5, 5.41) is 2.81. The van der Waals surface area contributed by atoms with E-state index in [2.05, 4.69) is 5.32 Å². The van der Waals surface area contributed by atoms with Crippen LogP contribution in [0.25, 0.3) is 0 Å². The van der Waals surface area contributed by atoms with E-state index in [0.717, 1.165) is 12.8 Å². The van der Waals surface area contributed by atoms with Gasteiger partial charge in [-0.25, -0.2) is 0 Å². The van der Waals surface area contributed by atoms with Crippen molar-refractivity contribution >= 4 is 41.9 Å². The van der Waals surface area contributed by atoms with E-state index in [1.165, 1.54) is 0 Å². The molecule has 2 atom stereocenters. The second-order valence-corrected chi connectivity index (χ2v) is 8.74. The van der Waals surface area contributed by atoms with E-state index in [1.54, 1.807) is 21.6 Å². The number of amides is 3. The molecular weight excluding hydrogens is 376 g/mol. The maximum absolute atomic E-state index is 13.0. The molecule has 0 aromatic heterocycles. The van der Waals surface area contributed by atoms with Crippen molar-refractivity contribution in [3.8, 4) is 0 Å².